The van der Waals surface area contributed by atoms with Gasteiger partial charge in [0.1, 0.15) is 0 Å². The fourth-order valence-electron chi connectivity index (χ4n) is 3.39. The number of fused-ring (bicyclic) bond motifs is 1. The fourth-order valence-corrected chi connectivity index (χ4v) is 3.39. The predicted molar refractivity (Wildman–Crippen MR) is 117 cm³/mol. The minimum absolute atomic E-state index is 0.0562. The van der Waals surface area contributed by atoms with Crippen molar-refractivity contribution >= 4 is 28.2 Å². The zero-order valence-electron chi connectivity index (χ0n) is 16.7. The molecule has 1 aromatic heterocycles. The van der Waals surface area contributed by atoms with E-state index >= 15 is 0 Å². The molecule has 0 atom stereocenters. The molecule has 3 aromatic carbocycles. The van der Waals surface area contributed by atoms with Crippen molar-refractivity contribution < 1.29 is 9.59 Å². The first-order chi connectivity index (χ1) is 14.6. The van der Waals surface area contributed by atoms with Gasteiger partial charge in [0.25, 0.3) is 0 Å². The van der Waals surface area contributed by atoms with Crippen molar-refractivity contribution in [2.45, 2.75) is 19.9 Å². The van der Waals surface area contributed by atoms with E-state index < -0.39 is 5.78 Å². The molecule has 0 fully saturated rings. The molecule has 4 aromatic rings. The highest BCUT2D eigenvalue weighted by molar-refractivity contribution is 6.10. The van der Waals surface area contributed by atoms with Crippen LogP contribution in [-0.2, 0) is 11.3 Å². The predicted octanol–water partition coefficient (Wildman–Crippen LogP) is 4.74. The minimum atomic E-state index is -0.392. The lowest BCUT2D eigenvalue weighted by atomic mass is 10.1. The van der Waals surface area contributed by atoms with Gasteiger partial charge >= 0.3 is 0 Å². The Balaban J connectivity index is 1.63. The molecular weight excluding hydrogens is 374 g/mol. The number of rotatable bonds is 6. The summed E-state index contributed by atoms with van der Waals surface area (Å²) in [4.78, 5) is 35.2. The molecule has 1 heterocycles. The number of hydrogen-bond donors (Lipinski definition) is 0. The lowest BCUT2D eigenvalue weighted by molar-refractivity contribution is -0.117. The van der Waals surface area contributed by atoms with Gasteiger partial charge in [0.05, 0.1) is 13.0 Å². The van der Waals surface area contributed by atoms with Crippen LogP contribution in [0.2, 0.25) is 0 Å². The van der Waals surface area contributed by atoms with Gasteiger partial charge in [-0.1, -0.05) is 48.5 Å². The molecular formula is C25H21N3O2. The second kappa shape index (κ2) is 8.66. The SMILES string of the molecule is Cc1cccc(N(Cc2ccc3ccccc3c2)C(=O)CC(=O)c2ncccn2)c1. The molecule has 0 unspecified atom stereocenters. The van der Waals surface area contributed by atoms with E-state index in [9.17, 15) is 9.59 Å². The van der Waals surface area contributed by atoms with Gasteiger partial charge in [-0.2, -0.15) is 0 Å². The molecule has 30 heavy (non-hydrogen) atoms. The van der Waals surface area contributed by atoms with Crippen molar-refractivity contribution in [1.82, 2.24) is 9.97 Å². The molecule has 0 saturated carbocycles. The molecule has 0 spiro atoms. The van der Waals surface area contributed by atoms with Gasteiger partial charge in [0, 0.05) is 18.1 Å². The summed E-state index contributed by atoms with van der Waals surface area (Å²) in [6.07, 6.45) is 2.71. The first-order valence-corrected chi connectivity index (χ1v) is 9.75. The van der Waals surface area contributed by atoms with E-state index in [1.165, 1.54) is 12.4 Å². The van der Waals surface area contributed by atoms with Crippen LogP contribution in [0.15, 0.2) is 85.2 Å². The molecule has 0 bridgehead atoms. The largest absolute Gasteiger partial charge is 0.308 e. The van der Waals surface area contributed by atoms with Crippen LogP contribution in [0.25, 0.3) is 10.8 Å². The normalized spacial score (nSPS) is 10.7. The number of aryl methyl sites for hydroxylation is 1. The fraction of sp³-hybridized carbons (Fsp3) is 0.120. The quantitative estimate of drug-likeness (QED) is 0.349. The Labute approximate surface area is 175 Å². The molecule has 0 saturated heterocycles. The second-order valence-corrected chi connectivity index (χ2v) is 7.17. The Hall–Kier alpha value is -3.86. The summed E-state index contributed by atoms with van der Waals surface area (Å²) in [5, 5.41) is 2.26. The maximum atomic E-state index is 13.2. The van der Waals surface area contributed by atoms with E-state index in [2.05, 4.69) is 22.1 Å². The van der Waals surface area contributed by atoms with Gasteiger partial charge in [-0.3, -0.25) is 9.59 Å². The van der Waals surface area contributed by atoms with Gasteiger partial charge in [-0.15, -0.1) is 0 Å². The van der Waals surface area contributed by atoms with Crippen LogP contribution in [0.3, 0.4) is 0 Å². The average molecular weight is 395 g/mol. The standard InChI is InChI=1S/C25H21N3O2/c1-18-6-4-9-22(14-18)28(24(30)16-23(29)25-26-12-5-13-27-25)17-19-10-11-20-7-2-3-8-21(20)15-19/h2-15H,16-17H2,1H3. The van der Waals surface area contributed by atoms with Gasteiger partial charge in [0.2, 0.25) is 11.7 Å². The highest BCUT2D eigenvalue weighted by atomic mass is 16.2. The third-order valence-electron chi connectivity index (χ3n) is 4.90. The first kappa shape index (κ1) is 19.5. The zero-order chi connectivity index (χ0) is 20.9. The highest BCUT2D eigenvalue weighted by Crippen LogP contribution is 2.22. The van der Waals surface area contributed by atoms with Gasteiger partial charge in [-0.25, -0.2) is 9.97 Å². The van der Waals surface area contributed by atoms with E-state index in [1.807, 2.05) is 61.5 Å². The Morgan fingerprint density at radius 3 is 2.37 bits per heavy atom. The highest BCUT2D eigenvalue weighted by Gasteiger charge is 2.22. The molecule has 0 aliphatic heterocycles. The Kier molecular flexibility index (Phi) is 5.61. The maximum absolute atomic E-state index is 13.2. The number of hydrogen-bond acceptors (Lipinski definition) is 4. The molecule has 0 aliphatic carbocycles. The summed E-state index contributed by atoms with van der Waals surface area (Å²) in [5.74, 6) is -0.622. The molecule has 148 valence electrons. The molecule has 1 amide bonds. The Morgan fingerprint density at radius 2 is 1.60 bits per heavy atom. The summed E-state index contributed by atoms with van der Waals surface area (Å²) in [7, 11) is 0. The number of aromatic nitrogens is 2. The minimum Gasteiger partial charge on any atom is -0.308 e. The number of nitrogens with zero attached hydrogens (tertiary/aromatic N) is 3. The molecule has 0 aliphatic rings. The third-order valence-corrected chi connectivity index (χ3v) is 4.90. The zero-order valence-corrected chi connectivity index (χ0v) is 16.7. The van der Waals surface area contributed by atoms with Gasteiger partial charge < -0.3 is 4.90 Å². The van der Waals surface area contributed by atoms with Crippen LogP contribution in [0, 0.1) is 6.92 Å². The van der Waals surface area contributed by atoms with Crippen LogP contribution >= 0.6 is 0 Å². The van der Waals surface area contributed by atoms with E-state index in [4.69, 9.17) is 0 Å². The summed E-state index contributed by atoms with van der Waals surface area (Å²) in [6.45, 7) is 2.35. The average Bonchev–Trinajstić information content (AvgIpc) is 2.78. The molecule has 0 N–H and O–H groups in total. The Bertz CT molecular complexity index is 1210. The first-order valence-electron chi connectivity index (χ1n) is 9.75. The number of carbonyl (C=O) groups is 2. The van der Waals surface area contributed by atoms with E-state index in [0.29, 0.717) is 6.54 Å². The van der Waals surface area contributed by atoms with Crippen LogP contribution < -0.4 is 4.90 Å². The molecule has 5 heteroatoms. The smallest absolute Gasteiger partial charge is 0.235 e. The van der Waals surface area contributed by atoms with Crippen molar-refractivity contribution in [3.8, 4) is 0 Å². The topological polar surface area (TPSA) is 63.2 Å². The number of carbonyl (C=O) groups excluding carboxylic acids is 2. The van der Waals surface area contributed by atoms with E-state index in [-0.39, 0.29) is 18.2 Å². The van der Waals surface area contributed by atoms with E-state index in [1.54, 1.807) is 11.0 Å². The van der Waals surface area contributed by atoms with Crippen molar-refractivity contribution in [3.05, 3.63) is 102 Å². The van der Waals surface area contributed by atoms with Gasteiger partial charge in [-0.05, 0) is 53.1 Å². The third kappa shape index (κ3) is 4.41. The van der Waals surface area contributed by atoms with Gasteiger partial charge in [0.15, 0.2) is 5.82 Å². The number of amides is 1. The van der Waals surface area contributed by atoms with Crippen molar-refractivity contribution in [2.24, 2.45) is 0 Å². The summed E-state index contributed by atoms with van der Waals surface area (Å²) in [5.41, 5.74) is 2.79. The number of ketones is 1. The number of anilines is 1. The number of Topliss-reactive ketones (excluding diaryl/α,β-unsaturated/α-hetero) is 1. The lowest BCUT2D eigenvalue weighted by Crippen LogP contribution is -2.32. The second-order valence-electron chi connectivity index (χ2n) is 7.17. The van der Waals surface area contributed by atoms with Crippen molar-refractivity contribution in [2.75, 3.05) is 4.90 Å². The van der Waals surface area contributed by atoms with Crippen LogP contribution in [0.4, 0.5) is 5.69 Å². The van der Waals surface area contributed by atoms with E-state index in [0.717, 1.165) is 27.6 Å². The van der Waals surface area contributed by atoms with Crippen molar-refractivity contribution in [3.63, 3.8) is 0 Å². The summed E-state index contributed by atoms with van der Waals surface area (Å²) >= 11 is 0. The van der Waals surface area contributed by atoms with Crippen LogP contribution in [0.5, 0.6) is 0 Å². The number of benzene rings is 3. The van der Waals surface area contributed by atoms with Crippen LogP contribution in [-0.4, -0.2) is 21.7 Å². The summed E-state index contributed by atoms with van der Waals surface area (Å²) < 4.78 is 0. The molecule has 5 nitrogen and oxygen atoms in total. The van der Waals surface area contributed by atoms with Crippen molar-refractivity contribution in [1.29, 1.82) is 0 Å². The molecule has 4 rings (SSSR count). The summed E-state index contributed by atoms with van der Waals surface area (Å²) in [6, 6.07) is 23.6. The molecule has 0 radical (unpaired) electrons. The maximum Gasteiger partial charge on any atom is 0.235 e. The van der Waals surface area contributed by atoms with Crippen LogP contribution in [0.1, 0.15) is 28.2 Å². The Morgan fingerprint density at radius 1 is 0.833 bits per heavy atom. The lowest BCUT2D eigenvalue weighted by Gasteiger charge is -2.23. The monoisotopic (exact) mass is 395 g/mol.